The van der Waals surface area contributed by atoms with E-state index in [9.17, 15) is 14.4 Å². The zero-order valence-electron chi connectivity index (χ0n) is 23.1. The number of aromatic nitrogens is 3. The SMILES string of the molecule is CCOC(=O)C1=C(COCc2cc(=O)[nH]c(NCc3ccccn3)n2)NC(C)=C(C(=O)OC)C1c1cccc(Cl)c1Cl. The van der Waals surface area contributed by atoms with Crippen molar-refractivity contribution in [2.75, 3.05) is 25.6 Å². The molecule has 1 aliphatic heterocycles. The summed E-state index contributed by atoms with van der Waals surface area (Å²) in [4.78, 5) is 49.9. The molecule has 0 spiro atoms. The molecule has 42 heavy (non-hydrogen) atoms. The first-order valence-electron chi connectivity index (χ1n) is 12.9. The summed E-state index contributed by atoms with van der Waals surface area (Å²) in [6.45, 7) is 3.63. The van der Waals surface area contributed by atoms with Crippen LogP contribution >= 0.6 is 23.2 Å². The van der Waals surface area contributed by atoms with Gasteiger partial charge in [0, 0.05) is 18.0 Å². The van der Waals surface area contributed by atoms with Gasteiger partial charge in [-0.25, -0.2) is 14.6 Å². The van der Waals surface area contributed by atoms with Gasteiger partial charge in [-0.05, 0) is 37.6 Å². The van der Waals surface area contributed by atoms with Crippen LogP contribution in [0.3, 0.4) is 0 Å². The number of methoxy groups -OCH3 is 1. The number of nitrogens with zero attached hydrogens (tertiary/aromatic N) is 2. The van der Waals surface area contributed by atoms with Crippen molar-refractivity contribution in [3.63, 3.8) is 0 Å². The molecule has 3 heterocycles. The number of carbonyl (C=O) groups is 2. The molecule has 1 unspecified atom stereocenters. The lowest BCUT2D eigenvalue weighted by molar-refractivity contribution is -0.139. The smallest absolute Gasteiger partial charge is 0.336 e. The molecule has 3 aromatic rings. The molecule has 2 aromatic heterocycles. The Kier molecular flexibility index (Phi) is 10.3. The highest BCUT2D eigenvalue weighted by molar-refractivity contribution is 6.42. The first-order valence-corrected chi connectivity index (χ1v) is 13.7. The third-order valence-electron chi connectivity index (χ3n) is 6.29. The number of carbonyl (C=O) groups excluding carboxylic acids is 2. The van der Waals surface area contributed by atoms with Gasteiger partial charge >= 0.3 is 11.9 Å². The quantitative estimate of drug-likeness (QED) is 0.268. The van der Waals surface area contributed by atoms with Crippen molar-refractivity contribution >= 4 is 41.1 Å². The number of rotatable bonds is 11. The van der Waals surface area contributed by atoms with Gasteiger partial charge in [-0.3, -0.25) is 14.8 Å². The van der Waals surface area contributed by atoms with Gasteiger partial charge in [0.05, 0.1) is 77.7 Å². The van der Waals surface area contributed by atoms with Gasteiger partial charge in [0.25, 0.3) is 5.56 Å². The fourth-order valence-corrected chi connectivity index (χ4v) is 4.91. The molecule has 0 amide bonds. The van der Waals surface area contributed by atoms with Crippen molar-refractivity contribution in [2.24, 2.45) is 0 Å². The largest absolute Gasteiger partial charge is 0.466 e. The standard InChI is InChI=1S/C29H29Cl2N5O6/c1-4-42-28(39)25-21(34-16(2)23(27(38)40-3)24(25)19-9-7-10-20(30)26(19)31)15-41-14-18-12-22(37)36-29(35-18)33-13-17-8-5-6-11-32-17/h5-12,24,34H,4,13-15H2,1-3H3,(H2,33,35,36,37). The minimum absolute atomic E-state index is 0.0569. The number of dihydropyridines is 1. The van der Waals surface area contributed by atoms with Crippen LogP contribution in [0.1, 0.15) is 36.7 Å². The van der Waals surface area contributed by atoms with Crippen LogP contribution in [0.2, 0.25) is 10.0 Å². The predicted octanol–water partition coefficient (Wildman–Crippen LogP) is 4.25. The molecule has 0 radical (unpaired) electrons. The third-order valence-corrected chi connectivity index (χ3v) is 7.13. The van der Waals surface area contributed by atoms with Gasteiger partial charge < -0.3 is 24.8 Å². The second kappa shape index (κ2) is 14.1. The van der Waals surface area contributed by atoms with Gasteiger partial charge in [-0.1, -0.05) is 41.4 Å². The molecule has 0 saturated carbocycles. The Labute approximate surface area is 251 Å². The van der Waals surface area contributed by atoms with E-state index in [2.05, 4.69) is 25.6 Å². The Bertz CT molecular complexity index is 1590. The van der Waals surface area contributed by atoms with Crippen molar-refractivity contribution in [3.05, 3.63) is 109 Å². The van der Waals surface area contributed by atoms with Gasteiger partial charge in [0.2, 0.25) is 5.95 Å². The van der Waals surface area contributed by atoms with Crippen LogP contribution in [0, 0.1) is 0 Å². The van der Waals surface area contributed by atoms with E-state index in [0.717, 1.165) is 5.69 Å². The fourth-order valence-electron chi connectivity index (χ4n) is 4.50. The number of hydrogen-bond acceptors (Lipinski definition) is 10. The number of anilines is 1. The van der Waals surface area contributed by atoms with E-state index in [-0.39, 0.29) is 52.5 Å². The number of H-pyrrole nitrogens is 1. The fraction of sp³-hybridized carbons (Fsp3) is 0.276. The third kappa shape index (κ3) is 7.17. The highest BCUT2D eigenvalue weighted by atomic mass is 35.5. The maximum absolute atomic E-state index is 13.4. The number of hydrogen-bond donors (Lipinski definition) is 3. The summed E-state index contributed by atoms with van der Waals surface area (Å²) in [5.41, 5.74) is 2.25. The molecule has 13 heteroatoms. The van der Waals surface area contributed by atoms with E-state index in [1.165, 1.54) is 13.2 Å². The molecule has 1 aliphatic rings. The van der Waals surface area contributed by atoms with Crippen molar-refractivity contribution in [3.8, 4) is 0 Å². The van der Waals surface area contributed by atoms with E-state index in [0.29, 0.717) is 29.2 Å². The number of allylic oxidation sites excluding steroid dienone is 1. The topological polar surface area (TPSA) is 145 Å². The highest BCUT2D eigenvalue weighted by Crippen LogP contribution is 2.43. The first kappa shape index (κ1) is 30.8. The minimum atomic E-state index is -0.956. The number of aromatic amines is 1. The Balaban J connectivity index is 1.63. The van der Waals surface area contributed by atoms with Crippen molar-refractivity contribution < 1.29 is 23.8 Å². The van der Waals surface area contributed by atoms with Gasteiger partial charge in [0.15, 0.2) is 0 Å². The number of pyridine rings is 1. The lowest BCUT2D eigenvalue weighted by atomic mass is 9.80. The summed E-state index contributed by atoms with van der Waals surface area (Å²) >= 11 is 12.9. The minimum Gasteiger partial charge on any atom is -0.466 e. The van der Waals surface area contributed by atoms with Crippen LogP contribution in [0.5, 0.6) is 0 Å². The summed E-state index contributed by atoms with van der Waals surface area (Å²) in [6, 6.07) is 11.8. The van der Waals surface area contributed by atoms with Crippen LogP contribution in [0.15, 0.2) is 76.0 Å². The van der Waals surface area contributed by atoms with E-state index in [4.69, 9.17) is 37.4 Å². The monoisotopic (exact) mass is 613 g/mol. The van der Waals surface area contributed by atoms with E-state index in [1.807, 2.05) is 18.2 Å². The van der Waals surface area contributed by atoms with Crippen LogP contribution < -0.4 is 16.2 Å². The Hall–Kier alpha value is -4.19. The van der Waals surface area contributed by atoms with Crippen LogP contribution in [0.4, 0.5) is 5.95 Å². The Morgan fingerprint density at radius 3 is 2.57 bits per heavy atom. The van der Waals surface area contributed by atoms with Gasteiger partial charge in [0.1, 0.15) is 0 Å². The lowest BCUT2D eigenvalue weighted by Gasteiger charge is -2.31. The average molecular weight is 614 g/mol. The van der Waals surface area contributed by atoms with Crippen LogP contribution in [-0.2, 0) is 37.0 Å². The zero-order valence-corrected chi connectivity index (χ0v) is 24.6. The number of halogens is 2. The molecule has 3 N–H and O–H groups in total. The van der Waals surface area contributed by atoms with E-state index < -0.39 is 17.9 Å². The molecule has 220 valence electrons. The molecule has 0 bridgehead atoms. The normalized spacial score (nSPS) is 14.8. The van der Waals surface area contributed by atoms with Crippen molar-refractivity contribution in [1.29, 1.82) is 0 Å². The molecular weight excluding hydrogens is 585 g/mol. The maximum Gasteiger partial charge on any atom is 0.336 e. The average Bonchev–Trinajstić information content (AvgIpc) is 2.97. The Morgan fingerprint density at radius 2 is 1.86 bits per heavy atom. The lowest BCUT2D eigenvalue weighted by Crippen LogP contribution is -2.34. The number of esters is 2. The molecule has 0 aliphatic carbocycles. The predicted molar refractivity (Wildman–Crippen MR) is 157 cm³/mol. The number of nitrogens with one attached hydrogen (secondary N) is 3. The summed E-state index contributed by atoms with van der Waals surface area (Å²) in [7, 11) is 1.25. The molecule has 1 aromatic carbocycles. The second-order valence-corrected chi connectivity index (χ2v) is 9.88. The summed E-state index contributed by atoms with van der Waals surface area (Å²) in [5, 5.41) is 6.57. The van der Waals surface area contributed by atoms with Crippen molar-refractivity contribution in [1.82, 2.24) is 20.3 Å². The summed E-state index contributed by atoms with van der Waals surface area (Å²) in [6.07, 6.45) is 1.67. The van der Waals surface area contributed by atoms with Gasteiger partial charge in [-0.15, -0.1) is 0 Å². The molecule has 11 nitrogen and oxygen atoms in total. The maximum atomic E-state index is 13.4. The van der Waals surface area contributed by atoms with Crippen molar-refractivity contribution in [2.45, 2.75) is 32.9 Å². The molecule has 0 fully saturated rings. The second-order valence-electron chi connectivity index (χ2n) is 9.10. The van der Waals surface area contributed by atoms with Crippen LogP contribution in [0.25, 0.3) is 0 Å². The van der Waals surface area contributed by atoms with E-state index in [1.54, 1.807) is 38.2 Å². The molecule has 0 saturated heterocycles. The summed E-state index contributed by atoms with van der Waals surface area (Å²) < 4.78 is 16.3. The summed E-state index contributed by atoms with van der Waals surface area (Å²) in [5.74, 6) is -2.02. The van der Waals surface area contributed by atoms with E-state index >= 15 is 0 Å². The Morgan fingerprint density at radius 1 is 1.05 bits per heavy atom. The molecule has 4 rings (SSSR count). The van der Waals surface area contributed by atoms with Crippen LogP contribution in [-0.4, -0.2) is 47.2 Å². The number of benzene rings is 1. The molecule has 1 atom stereocenters. The highest BCUT2D eigenvalue weighted by Gasteiger charge is 2.40. The zero-order chi connectivity index (χ0) is 30.2. The first-order chi connectivity index (χ1) is 20.2. The molecular formula is C29H29Cl2N5O6. The van der Waals surface area contributed by atoms with Gasteiger partial charge in [-0.2, -0.15) is 0 Å². The number of ether oxygens (including phenoxy) is 3.